The predicted molar refractivity (Wildman–Crippen MR) is 83.2 cm³/mol. The molecule has 0 fully saturated rings. The molecule has 2 aromatic carbocycles. The highest BCUT2D eigenvalue weighted by atomic mass is 35.5. The fourth-order valence-electron chi connectivity index (χ4n) is 1.80. The highest BCUT2D eigenvalue weighted by molar-refractivity contribution is 6.57. The van der Waals surface area contributed by atoms with Crippen molar-refractivity contribution in [2.75, 3.05) is 7.11 Å². The zero-order valence-electron chi connectivity index (χ0n) is 10.8. The number of allylic oxidation sites excluding steroid dienone is 1. The van der Waals surface area contributed by atoms with Crippen molar-refractivity contribution in [3.8, 4) is 5.75 Å². The largest absolute Gasteiger partial charge is 0.497 e. The number of methoxy groups -OCH3 is 1. The summed E-state index contributed by atoms with van der Waals surface area (Å²) in [5.74, 6) is 0.716. The number of carbonyl (C=O) groups excluding carboxylic acids is 1. The van der Waals surface area contributed by atoms with Crippen molar-refractivity contribution in [1.29, 1.82) is 0 Å². The summed E-state index contributed by atoms with van der Waals surface area (Å²) in [6.07, 6.45) is 0.730. The van der Waals surface area contributed by atoms with E-state index in [1.54, 1.807) is 43.5 Å². The smallest absolute Gasteiger partial charge is 0.152 e. The summed E-state index contributed by atoms with van der Waals surface area (Å²) in [6, 6.07) is 14.2. The Morgan fingerprint density at radius 1 is 1.10 bits per heavy atom. The lowest BCUT2D eigenvalue weighted by atomic mass is 10.0. The second-order valence-electron chi connectivity index (χ2n) is 4.05. The van der Waals surface area contributed by atoms with Gasteiger partial charge in [0, 0.05) is 16.2 Å². The van der Waals surface area contributed by atoms with Crippen LogP contribution in [0.2, 0.25) is 5.02 Å². The highest BCUT2D eigenvalue weighted by Crippen LogP contribution is 2.33. The molecule has 0 amide bonds. The molecule has 0 aromatic heterocycles. The van der Waals surface area contributed by atoms with Crippen molar-refractivity contribution < 1.29 is 9.53 Å². The van der Waals surface area contributed by atoms with Crippen molar-refractivity contribution in [1.82, 2.24) is 0 Å². The Hall–Kier alpha value is -1.77. The number of halogens is 2. The van der Waals surface area contributed by atoms with E-state index >= 15 is 0 Å². The fourth-order valence-corrected chi connectivity index (χ4v) is 2.40. The van der Waals surface area contributed by atoms with Gasteiger partial charge in [0.25, 0.3) is 0 Å². The molecular weight excluding hydrogens is 295 g/mol. The Labute approximate surface area is 127 Å². The van der Waals surface area contributed by atoms with Gasteiger partial charge >= 0.3 is 0 Å². The summed E-state index contributed by atoms with van der Waals surface area (Å²) in [7, 11) is 1.59. The Bertz CT molecular complexity index is 646. The van der Waals surface area contributed by atoms with Gasteiger partial charge in [0.15, 0.2) is 6.29 Å². The van der Waals surface area contributed by atoms with Crippen LogP contribution in [-0.4, -0.2) is 13.4 Å². The van der Waals surface area contributed by atoms with Gasteiger partial charge in [0.2, 0.25) is 0 Å². The number of carbonyl (C=O) groups is 1. The standard InChI is InChI=1S/C16H12Cl2O2/c1-20-12-8-6-11(7-9-12)14(10-19)16(18)13-4-2-3-5-15(13)17/h2-10H,1H3. The van der Waals surface area contributed by atoms with Gasteiger partial charge in [-0.1, -0.05) is 53.5 Å². The molecule has 0 spiro atoms. The summed E-state index contributed by atoms with van der Waals surface area (Å²) in [5.41, 5.74) is 1.74. The van der Waals surface area contributed by atoms with Crippen molar-refractivity contribution >= 4 is 40.1 Å². The minimum atomic E-state index is 0.329. The van der Waals surface area contributed by atoms with Crippen LogP contribution in [0.15, 0.2) is 48.5 Å². The maximum atomic E-state index is 11.4. The van der Waals surface area contributed by atoms with Crippen LogP contribution in [0.1, 0.15) is 11.1 Å². The Balaban J connectivity index is 2.51. The predicted octanol–water partition coefficient (Wildman–Crippen LogP) is 4.65. The van der Waals surface area contributed by atoms with E-state index in [1.807, 2.05) is 12.1 Å². The van der Waals surface area contributed by atoms with Crippen molar-refractivity contribution in [3.05, 3.63) is 64.7 Å². The number of aldehydes is 1. The third-order valence-corrected chi connectivity index (χ3v) is 3.60. The molecule has 0 unspecified atom stereocenters. The summed E-state index contributed by atoms with van der Waals surface area (Å²) in [4.78, 5) is 11.4. The molecule has 2 rings (SSSR count). The quantitative estimate of drug-likeness (QED) is 0.467. The first kappa shape index (κ1) is 14.6. The second-order valence-corrected chi connectivity index (χ2v) is 4.84. The van der Waals surface area contributed by atoms with E-state index in [0.717, 1.165) is 6.29 Å². The van der Waals surface area contributed by atoms with Crippen molar-refractivity contribution in [3.63, 3.8) is 0 Å². The first-order valence-electron chi connectivity index (χ1n) is 5.91. The Kier molecular flexibility index (Phi) is 4.83. The van der Waals surface area contributed by atoms with E-state index < -0.39 is 0 Å². The van der Waals surface area contributed by atoms with E-state index in [2.05, 4.69) is 0 Å². The van der Waals surface area contributed by atoms with E-state index in [-0.39, 0.29) is 0 Å². The molecule has 0 bridgehead atoms. The molecule has 0 atom stereocenters. The number of hydrogen-bond acceptors (Lipinski definition) is 2. The minimum Gasteiger partial charge on any atom is -0.497 e. The third kappa shape index (κ3) is 3.03. The fraction of sp³-hybridized carbons (Fsp3) is 0.0625. The summed E-state index contributed by atoms with van der Waals surface area (Å²) in [6.45, 7) is 0. The molecular formula is C16H12Cl2O2. The molecule has 0 saturated carbocycles. The van der Waals surface area contributed by atoms with E-state index in [1.165, 1.54) is 0 Å². The molecule has 0 N–H and O–H groups in total. The molecule has 0 aliphatic rings. The molecule has 2 nitrogen and oxygen atoms in total. The van der Waals surface area contributed by atoms with E-state index in [0.29, 0.717) is 32.5 Å². The first-order chi connectivity index (χ1) is 9.67. The number of hydrogen-bond donors (Lipinski definition) is 0. The van der Waals surface area contributed by atoms with Crippen LogP contribution in [-0.2, 0) is 4.79 Å². The second kappa shape index (κ2) is 6.60. The number of benzene rings is 2. The van der Waals surface area contributed by atoms with Crippen LogP contribution in [0.3, 0.4) is 0 Å². The lowest BCUT2D eigenvalue weighted by Gasteiger charge is -2.08. The van der Waals surface area contributed by atoms with Crippen LogP contribution < -0.4 is 4.74 Å². The lowest BCUT2D eigenvalue weighted by molar-refractivity contribution is -0.103. The van der Waals surface area contributed by atoms with Crippen LogP contribution >= 0.6 is 23.2 Å². The third-order valence-electron chi connectivity index (χ3n) is 2.87. The topological polar surface area (TPSA) is 26.3 Å². The maximum absolute atomic E-state index is 11.4. The first-order valence-corrected chi connectivity index (χ1v) is 6.67. The SMILES string of the molecule is COc1ccc(C(C=O)=C(Cl)c2ccccc2Cl)cc1. The monoisotopic (exact) mass is 306 g/mol. The normalized spacial score (nSPS) is 11.8. The van der Waals surface area contributed by atoms with Gasteiger partial charge < -0.3 is 4.74 Å². The molecule has 0 heterocycles. The molecule has 2 aromatic rings. The zero-order chi connectivity index (χ0) is 14.5. The van der Waals surface area contributed by atoms with E-state index in [9.17, 15) is 4.79 Å². The number of ether oxygens (including phenoxy) is 1. The van der Waals surface area contributed by atoms with Crippen molar-refractivity contribution in [2.45, 2.75) is 0 Å². The maximum Gasteiger partial charge on any atom is 0.152 e. The van der Waals surface area contributed by atoms with Crippen LogP contribution in [0.4, 0.5) is 0 Å². The average Bonchev–Trinajstić information content (AvgIpc) is 2.49. The van der Waals surface area contributed by atoms with Gasteiger partial charge in [0.1, 0.15) is 5.75 Å². The molecule has 4 heteroatoms. The van der Waals surface area contributed by atoms with Crippen molar-refractivity contribution in [2.24, 2.45) is 0 Å². The minimum absolute atomic E-state index is 0.329. The van der Waals surface area contributed by atoms with Crippen LogP contribution in [0, 0.1) is 0 Å². The molecule has 0 aliphatic carbocycles. The van der Waals surface area contributed by atoms with Gasteiger partial charge in [-0.15, -0.1) is 0 Å². The Morgan fingerprint density at radius 3 is 2.30 bits per heavy atom. The summed E-state index contributed by atoms with van der Waals surface area (Å²) >= 11 is 12.4. The molecule has 102 valence electrons. The molecule has 0 saturated heterocycles. The molecule has 0 aliphatic heterocycles. The van der Waals surface area contributed by atoms with E-state index in [4.69, 9.17) is 27.9 Å². The molecule has 0 radical (unpaired) electrons. The zero-order valence-corrected chi connectivity index (χ0v) is 12.3. The highest BCUT2D eigenvalue weighted by Gasteiger charge is 2.11. The van der Waals surface area contributed by atoms with Gasteiger partial charge in [-0.2, -0.15) is 0 Å². The van der Waals surface area contributed by atoms with Gasteiger partial charge in [0.05, 0.1) is 12.1 Å². The summed E-state index contributed by atoms with van der Waals surface area (Å²) in [5, 5.41) is 0.834. The van der Waals surface area contributed by atoms with Gasteiger partial charge in [-0.25, -0.2) is 0 Å². The van der Waals surface area contributed by atoms with Gasteiger partial charge in [-0.3, -0.25) is 4.79 Å². The number of rotatable bonds is 4. The molecule has 20 heavy (non-hydrogen) atoms. The van der Waals surface area contributed by atoms with Crippen LogP contribution in [0.25, 0.3) is 10.6 Å². The van der Waals surface area contributed by atoms with Gasteiger partial charge in [-0.05, 0) is 23.8 Å². The lowest BCUT2D eigenvalue weighted by Crippen LogP contribution is -1.91. The summed E-state index contributed by atoms with van der Waals surface area (Å²) < 4.78 is 5.09. The van der Waals surface area contributed by atoms with Crippen LogP contribution in [0.5, 0.6) is 5.75 Å². The Morgan fingerprint density at radius 2 is 1.75 bits per heavy atom. The average molecular weight is 307 g/mol.